The highest BCUT2D eigenvalue weighted by Gasteiger charge is 2.22. The molecule has 20 heavy (non-hydrogen) atoms. The van der Waals surface area contributed by atoms with Crippen LogP contribution in [0.1, 0.15) is 11.1 Å². The molecule has 0 amide bonds. The van der Waals surface area contributed by atoms with Crippen LogP contribution in [0.2, 0.25) is 0 Å². The normalized spacial score (nSPS) is 11.3. The first kappa shape index (κ1) is 14.6. The van der Waals surface area contributed by atoms with Gasteiger partial charge in [0.2, 0.25) is 0 Å². The molecule has 0 spiro atoms. The van der Waals surface area contributed by atoms with Gasteiger partial charge >= 0.3 is 0 Å². The van der Waals surface area contributed by atoms with E-state index in [0.717, 1.165) is 5.56 Å². The first-order chi connectivity index (χ1) is 9.46. The van der Waals surface area contributed by atoms with Crippen LogP contribution in [0.25, 0.3) is 0 Å². The second-order valence-corrected chi connectivity index (χ2v) is 6.53. The van der Waals surface area contributed by atoms with Crippen LogP contribution in [0.4, 0.5) is 5.69 Å². The molecule has 2 aromatic carbocycles. The molecule has 0 aliphatic heterocycles. The SMILES string of the molecule is Cc1ccccc1N(C)S(=O)(=O)c1cccc(CO)c1. The van der Waals surface area contributed by atoms with Gasteiger partial charge in [0.25, 0.3) is 10.0 Å². The number of hydrogen-bond acceptors (Lipinski definition) is 3. The van der Waals surface area contributed by atoms with Crippen LogP contribution < -0.4 is 4.31 Å². The van der Waals surface area contributed by atoms with Crippen molar-refractivity contribution in [1.82, 2.24) is 0 Å². The molecule has 0 saturated carbocycles. The van der Waals surface area contributed by atoms with Crippen LogP contribution in [-0.4, -0.2) is 20.6 Å². The molecule has 1 N–H and O–H groups in total. The van der Waals surface area contributed by atoms with Crippen LogP contribution in [0.15, 0.2) is 53.4 Å². The molecule has 106 valence electrons. The van der Waals surface area contributed by atoms with Crippen LogP contribution in [-0.2, 0) is 16.6 Å². The average Bonchev–Trinajstić information content (AvgIpc) is 2.47. The number of nitrogens with zero attached hydrogens (tertiary/aromatic N) is 1. The maximum atomic E-state index is 12.6. The van der Waals surface area contributed by atoms with Crippen LogP contribution in [0, 0.1) is 6.92 Å². The van der Waals surface area contributed by atoms with Crippen molar-refractivity contribution in [2.75, 3.05) is 11.4 Å². The van der Waals surface area contributed by atoms with Crippen molar-refractivity contribution < 1.29 is 13.5 Å². The molecule has 0 unspecified atom stereocenters. The minimum atomic E-state index is -3.62. The second kappa shape index (κ2) is 5.64. The van der Waals surface area contributed by atoms with E-state index in [1.54, 1.807) is 24.3 Å². The summed E-state index contributed by atoms with van der Waals surface area (Å²) in [6.45, 7) is 1.68. The zero-order chi connectivity index (χ0) is 14.8. The van der Waals surface area contributed by atoms with Crippen LogP contribution in [0.3, 0.4) is 0 Å². The molecule has 0 heterocycles. The summed E-state index contributed by atoms with van der Waals surface area (Å²) in [5, 5.41) is 9.12. The Hall–Kier alpha value is -1.85. The molecule has 0 aliphatic rings. The molecule has 0 fully saturated rings. The summed E-state index contributed by atoms with van der Waals surface area (Å²) in [7, 11) is -2.09. The van der Waals surface area contributed by atoms with Gasteiger partial charge in [-0.2, -0.15) is 0 Å². The molecule has 5 heteroatoms. The fourth-order valence-corrected chi connectivity index (χ4v) is 3.34. The van der Waals surface area contributed by atoms with Crippen molar-refractivity contribution in [3.63, 3.8) is 0 Å². The molecule has 4 nitrogen and oxygen atoms in total. The number of benzene rings is 2. The first-order valence-corrected chi connectivity index (χ1v) is 7.65. The Morgan fingerprint density at radius 1 is 1.10 bits per heavy atom. The third-order valence-corrected chi connectivity index (χ3v) is 4.96. The quantitative estimate of drug-likeness (QED) is 0.940. The number of rotatable bonds is 4. The minimum absolute atomic E-state index is 0.176. The standard InChI is InChI=1S/C15H17NO3S/c1-12-6-3-4-9-15(12)16(2)20(18,19)14-8-5-7-13(10-14)11-17/h3-10,17H,11H2,1-2H3. The molecule has 0 radical (unpaired) electrons. The number of sulfonamides is 1. The van der Waals surface area contributed by atoms with Gasteiger partial charge < -0.3 is 5.11 Å². The first-order valence-electron chi connectivity index (χ1n) is 6.21. The average molecular weight is 291 g/mol. The van der Waals surface area contributed by atoms with Crippen LogP contribution >= 0.6 is 0 Å². The van der Waals surface area contributed by atoms with E-state index >= 15 is 0 Å². The van der Waals surface area contributed by atoms with E-state index in [1.165, 1.54) is 23.5 Å². The number of aryl methyl sites for hydroxylation is 1. The molecule has 0 bridgehead atoms. The number of hydrogen-bond donors (Lipinski definition) is 1. The van der Waals surface area contributed by atoms with E-state index in [4.69, 9.17) is 5.11 Å². The maximum absolute atomic E-state index is 12.6. The van der Waals surface area contributed by atoms with Crippen molar-refractivity contribution in [2.24, 2.45) is 0 Å². The van der Waals surface area contributed by atoms with E-state index in [-0.39, 0.29) is 11.5 Å². The van der Waals surface area contributed by atoms with Crippen molar-refractivity contribution in [3.8, 4) is 0 Å². The number of anilines is 1. The number of para-hydroxylation sites is 1. The van der Waals surface area contributed by atoms with Crippen molar-refractivity contribution in [1.29, 1.82) is 0 Å². The van der Waals surface area contributed by atoms with E-state index in [9.17, 15) is 8.42 Å². The molecule has 0 aromatic heterocycles. The molecular formula is C15H17NO3S. The van der Waals surface area contributed by atoms with Gasteiger partial charge in [-0.25, -0.2) is 8.42 Å². The summed E-state index contributed by atoms with van der Waals surface area (Å²) < 4.78 is 26.5. The molecular weight excluding hydrogens is 274 g/mol. The fourth-order valence-electron chi connectivity index (χ4n) is 2.01. The fraction of sp³-hybridized carbons (Fsp3) is 0.200. The Balaban J connectivity index is 2.47. The van der Waals surface area contributed by atoms with Crippen molar-refractivity contribution in [2.45, 2.75) is 18.4 Å². The summed E-state index contributed by atoms with van der Waals surface area (Å²) in [6, 6.07) is 13.6. The lowest BCUT2D eigenvalue weighted by molar-refractivity contribution is 0.281. The molecule has 0 saturated heterocycles. The highest BCUT2D eigenvalue weighted by molar-refractivity contribution is 7.92. The van der Waals surface area contributed by atoms with Gasteiger partial charge in [-0.1, -0.05) is 30.3 Å². The summed E-state index contributed by atoms with van der Waals surface area (Å²) in [5.41, 5.74) is 2.10. The van der Waals surface area contributed by atoms with E-state index in [0.29, 0.717) is 11.3 Å². The topological polar surface area (TPSA) is 57.6 Å². The highest BCUT2D eigenvalue weighted by Crippen LogP contribution is 2.25. The van der Waals surface area contributed by atoms with Gasteiger partial charge in [0.15, 0.2) is 0 Å². The Morgan fingerprint density at radius 3 is 2.45 bits per heavy atom. The predicted octanol–water partition coefficient (Wildman–Crippen LogP) is 2.31. The largest absolute Gasteiger partial charge is 0.392 e. The van der Waals surface area contributed by atoms with Crippen LogP contribution in [0.5, 0.6) is 0 Å². The molecule has 0 atom stereocenters. The van der Waals surface area contributed by atoms with Crippen molar-refractivity contribution in [3.05, 3.63) is 59.7 Å². The Labute approximate surface area is 119 Å². The second-order valence-electron chi connectivity index (χ2n) is 4.56. The Morgan fingerprint density at radius 2 is 1.80 bits per heavy atom. The Bertz CT molecular complexity index is 711. The summed E-state index contributed by atoms with van der Waals surface area (Å²) in [6.07, 6.45) is 0. The van der Waals surface area contributed by atoms with E-state index in [1.807, 2.05) is 19.1 Å². The maximum Gasteiger partial charge on any atom is 0.264 e. The van der Waals surface area contributed by atoms with Gasteiger partial charge in [-0.15, -0.1) is 0 Å². The van der Waals surface area contributed by atoms with Gasteiger partial charge in [0, 0.05) is 7.05 Å². The lowest BCUT2D eigenvalue weighted by atomic mass is 10.2. The summed E-state index contributed by atoms with van der Waals surface area (Å²) >= 11 is 0. The van der Waals surface area contributed by atoms with Gasteiger partial charge in [-0.05, 0) is 36.2 Å². The zero-order valence-electron chi connectivity index (χ0n) is 11.4. The zero-order valence-corrected chi connectivity index (χ0v) is 12.3. The Kier molecular flexibility index (Phi) is 4.11. The summed E-state index contributed by atoms with van der Waals surface area (Å²) in [5.74, 6) is 0. The van der Waals surface area contributed by atoms with Gasteiger partial charge in [0.1, 0.15) is 0 Å². The van der Waals surface area contributed by atoms with Gasteiger partial charge in [-0.3, -0.25) is 4.31 Å². The van der Waals surface area contributed by atoms with E-state index in [2.05, 4.69) is 0 Å². The third kappa shape index (κ3) is 2.69. The molecule has 2 rings (SSSR count). The lowest BCUT2D eigenvalue weighted by Crippen LogP contribution is -2.27. The van der Waals surface area contributed by atoms with Gasteiger partial charge in [0.05, 0.1) is 17.2 Å². The minimum Gasteiger partial charge on any atom is -0.392 e. The van der Waals surface area contributed by atoms with Crippen molar-refractivity contribution >= 4 is 15.7 Å². The highest BCUT2D eigenvalue weighted by atomic mass is 32.2. The number of aliphatic hydroxyl groups is 1. The van der Waals surface area contributed by atoms with E-state index < -0.39 is 10.0 Å². The third-order valence-electron chi connectivity index (χ3n) is 3.19. The number of aliphatic hydroxyl groups excluding tert-OH is 1. The lowest BCUT2D eigenvalue weighted by Gasteiger charge is -2.21. The predicted molar refractivity (Wildman–Crippen MR) is 79.1 cm³/mol. The smallest absolute Gasteiger partial charge is 0.264 e. The molecule has 2 aromatic rings. The summed E-state index contributed by atoms with van der Waals surface area (Å²) in [4.78, 5) is 0.176. The monoisotopic (exact) mass is 291 g/mol. The molecule has 0 aliphatic carbocycles.